The van der Waals surface area contributed by atoms with Gasteiger partial charge in [0.15, 0.2) is 5.78 Å². The molecule has 2 aromatic carbocycles. The highest BCUT2D eigenvalue weighted by atomic mass is 79.9. The quantitative estimate of drug-likeness (QED) is 0.498. The Bertz CT molecular complexity index is 891. The first kappa shape index (κ1) is 16.1. The number of methoxy groups -OCH3 is 1. The molecule has 0 amide bonds. The van der Waals surface area contributed by atoms with Crippen LogP contribution in [-0.2, 0) is 0 Å². The van der Waals surface area contributed by atoms with Crippen LogP contribution in [0.1, 0.15) is 15.9 Å². The van der Waals surface area contributed by atoms with E-state index in [1.807, 2.05) is 24.3 Å². The van der Waals surface area contributed by atoms with Crippen LogP contribution in [0.4, 0.5) is 0 Å². The Kier molecular flexibility index (Phi) is 4.81. The highest BCUT2D eigenvalue weighted by Crippen LogP contribution is 2.24. The third-order valence-electron chi connectivity index (χ3n) is 3.35. The van der Waals surface area contributed by atoms with Gasteiger partial charge in [0.25, 0.3) is 0 Å². The van der Waals surface area contributed by atoms with Crippen molar-refractivity contribution in [1.29, 1.82) is 0 Å². The molecule has 3 rings (SSSR count). The Balaban J connectivity index is 1.85. The molecule has 120 valence electrons. The monoisotopic (exact) mass is 384 g/mol. The highest BCUT2D eigenvalue weighted by molar-refractivity contribution is 9.10. The molecule has 0 aliphatic rings. The summed E-state index contributed by atoms with van der Waals surface area (Å²) in [5.74, 6) is 0.580. The van der Waals surface area contributed by atoms with Crippen LogP contribution in [0.15, 0.2) is 59.3 Å². The van der Waals surface area contributed by atoms with Crippen molar-refractivity contribution in [2.45, 2.75) is 0 Å². The number of tetrazole rings is 1. The Hall–Kier alpha value is -2.80. The number of aromatic nitrogens is 4. The maximum absolute atomic E-state index is 12.4. The van der Waals surface area contributed by atoms with Crippen molar-refractivity contribution >= 4 is 27.8 Å². The maximum Gasteiger partial charge on any atom is 0.185 e. The average Bonchev–Trinajstić information content (AvgIpc) is 3.14. The second-order valence-corrected chi connectivity index (χ2v) is 5.80. The molecule has 0 aliphatic carbocycles. The van der Waals surface area contributed by atoms with E-state index in [0.29, 0.717) is 11.3 Å². The maximum atomic E-state index is 12.4. The molecule has 1 aromatic heterocycles. The van der Waals surface area contributed by atoms with E-state index in [4.69, 9.17) is 4.74 Å². The predicted octanol–water partition coefficient (Wildman–Crippen LogP) is 3.33. The van der Waals surface area contributed by atoms with Crippen LogP contribution in [0, 0.1) is 0 Å². The molecule has 7 heteroatoms. The van der Waals surface area contributed by atoms with Gasteiger partial charge in [-0.05, 0) is 52.9 Å². The Morgan fingerprint density at radius 3 is 2.88 bits per heavy atom. The van der Waals surface area contributed by atoms with Gasteiger partial charge in [-0.15, -0.1) is 5.10 Å². The number of hydrogen-bond acceptors (Lipinski definition) is 5. The summed E-state index contributed by atoms with van der Waals surface area (Å²) in [5, 5.41) is 11.0. The summed E-state index contributed by atoms with van der Waals surface area (Å²) in [6.45, 7) is 0. The van der Waals surface area contributed by atoms with E-state index in [1.165, 1.54) is 17.1 Å². The number of allylic oxidation sites excluding steroid dienone is 1. The molecule has 0 bridgehead atoms. The molecule has 0 spiro atoms. The fourth-order valence-corrected chi connectivity index (χ4v) is 2.56. The van der Waals surface area contributed by atoms with Crippen molar-refractivity contribution < 1.29 is 9.53 Å². The minimum absolute atomic E-state index is 0.119. The lowest BCUT2D eigenvalue weighted by molar-refractivity contribution is 0.104. The van der Waals surface area contributed by atoms with Crippen molar-refractivity contribution in [2.75, 3.05) is 7.11 Å². The van der Waals surface area contributed by atoms with Gasteiger partial charge in [-0.3, -0.25) is 4.79 Å². The lowest BCUT2D eigenvalue weighted by Crippen LogP contribution is -1.99. The van der Waals surface area contributed by atoms with Gasteiger partial charge >= 0.3 is 0 Å². The zero-order chi connectivity index (χ0) is 16.9. The smallest absolute Gasteiger partial charge is 0.185 e. The van der Waals surface area contributed by atoms with E-state index in [1.54, 1.807) is 31.4 Å². The van der Waals surface area contributed by atoms with E-state index in [0.717, 1.165) is 15.7 Å². The minimum Gasteiger partial charge on any atom is -0.496 e. The molecule has 24 heavy (non-hydrogen) atoms. The number of rotatable bonds is 5. The van der Waals surface area contributed by atoms with Crippen molar-refractivity contribution in [3.8, 4) is 11.4 Å². The second-order valence-electron chi connectivity index (χ2n) is 4.89. The molecular formula is C17H13BrN4O2. The SMILES string of the molecule is COc1ccc(Br)cc1/C=C/C(=O)c1cccc(-n2cnnn2)c1. The van der Waals surface area contributed by atoms with Crippen LogP contribution in [0.3, 0.4) is 0 Å². The molecule has 1 heterocycles. The molecule has 0 saturated carbocycles. The third-order valence-corrected chi connectivity index (χ3v) is 3.84. The summed E-state index contributed by atoms with van der Waals surface area (Å²) < 4.78 is 7.71. The van der Waals surface area contributed by atoms with Gasteiger partial charge in [-0.2, -0.15) is 0 Å². The van der Waals surface area contributed by atoms with Crippen LogP contribution in [-0.4, -0.2) is 33.1 Å². The van der Waals surface area contributed by atoms with Gasteiger partial charge in [-0.1, -0.05) is 28.1 Å². The lowest BCUT2D eigenvalue weighted by atomic mass is 10.1. The van der Waals surface area contributed by atoms with Crippen molar-refractivity contribution in [2.24, 2.45) is 0 Å². The number of ether oxygens (including phenoxy) is 1. The largest absolute Gasteiger partial charge is 0.496 e. The molecule has 0 radical (unpaired) electrons. The fraction of sp³-hybridized carbons (Fsp3) is 0.0588. The van der Waals surface area contributed by atoms with Crippen molar-refractivity contribution in [1.82, 2.24) is 20.2 Å². The second kappa shape index (κ2) is 7.18. The van der Waals surface area contributed by atoms with Gasteiger partial charge in [0.1, 0.15) is 12.1 Å². The summed E-state index contributed by atoms with van der Waals surface area (Å²) >= 11 is 3.41. The van der Waals surface area contributed by atoms with Crippen molar-refractivity contribution in [3.05, 3.63) is 70.5 Å². The summed E-state index contributed by atoms with van der Waals surface area (Å²) in [6, 6.07) is 12.7. The van der Waals surface area contributed by atoms with E-state index in [2.05, 4.69) is 31.5 Å². The Morgan fingerprint density at radius 2 is 2.12 bits per heavy atom. The fourth-order valence-electron chi connectivity index (χ4n) is 2.18. The molecular weight excluding hydrogens is 372 g/mol. The lowest BCUT2D eigenvalue weighted by Gasteiger charge is -2.05. The van der Waals surface area contributed by atoms with Crippen LogP contribution in [0.25, 0.3) is 11.8 Å². The number of benzene rings is 2. The highest BCUT2D eigenvalue weighted by Gasteiger charge is 2.06. The number of carbonyl (C=O) groups excluding carboxylic acids is 1. The van der Waals surface area contributed by atoms with E-state index in [-0.39, 0.29) is 5.78 Å². The topological polar surface area (TPSA) is 69.9 Å². The number of ketones is 1. The number of halogens is 1. The van der Waals surface area contributed by atoms with Gasteiger partial charge in [0, 0.05) is 15.6 Å². The zero-order valence-electron chi connectivity index (χ0n) is 12.8. The molecule has 3 aromatic rings. The number of hydrogen-bond donors (Lipinski definition) is 0. The van der Waals surface area contributed by atoms with Crippen LogP contribution in [0.2, 0.25) is 0 Å². The average molecular weight is 385 g/mol. The van der Waals surface area contributed by atoms with Crippen LogP contribution >= 0.6 is 15.9 Å². The summed E-state index contributed by atoms with van der Waals surface area (Å²) in [6.07, 6.45) is 4.73. The first-order chi connectivity index (χ1) is 11.7. The van der Waals surface area contributed by atoms with Gasteiger partial charge in [0.2, 0.25) is 0 Å². The standard InChI is InChI=1S/C17H13BrN4O2/c1-24-17-8-6-14(18)9-13(17)5-7-16(23)12-3-2-4-15(10-12)22-11-19-20-21-22/h2-11H,1H3/b7-5+. The molecule has 6 nitrogen and oxygen atoms in total. The van der Waals surface area contributed by atoms with E-state index < -0.39 is 0 Å². The van der Waals surface area contributed by atoms with Crippen molar-refractivity contribution in [3.63, 3.8) is 0 Å². The number of carbonyl (C=O) groups is 1. The van der Waals surface area contributed by atoms with E-state index in [9.17, 15) is 4.79 Å². The molecule has 0 aliphatic heterocycles. The molecule has 0 unspecified atom stereocenters. The summed E-state index contributed by atoms with van der Waals surface area (Å²) in [4.78, 5) is 12.4. The Morgan fingerprint density at radius 1 is 1.25 bits per heavy atom. The molecule has 0 saturated heterocycles. The Labute approximate surface area is 146 Å². The minimum atomic E-state index is -0.119. The van der Waals surface area contributed by atoms with Gasteiger partial charge in [-0.25, -0.2) is 4.68 Å². The van der Waals surface area contributed by atoms with Crippen LogP contribution < -0.4 is 4.74 Å². The molecule has 0 N–H and O–H groups in total. The number of nitrogens with zero attached hydrogens (tertiary/aromatic N) is 4. The normalized spacial score (nSPS) is 10.9. The third kappa shape index (κ3) is 3.57. The first-order valence-electron chi connectivity index (χ1n) is 7.07. The summed E-state index contributed by atoms with van der Waals surface area (Å²) in [7, 11) is 1.60. The van der Waals surface area contributed by atoms with Gasteiger partial charge < -0.3 is 4.74 Å². The zero-order valence-corrected chi connectivity index (χ0v) is 14.3. The molecule has 0 atom stereocenters. The molecule has 0 fully saturated rings. The van der Waals surface area contributed by atoms with E-state index >= 15 is 0 Å². The predicted molar refractivity (Wildman–Crippen MR) is 93.2 cm³/mol. The van der Waals surface area contributed by atoms with Crippen LogP contribution in [0.5, 0.6) is 5.75 Å². The summed E-state index contributed by atoms with van der Waals surface area (Å²) in [5.41, 5.74) is 2.09. The first-order valence-corrected chi connectivity index (χ1v) is 7.86. The van der Waals surface area contributed by atoms with Gasteiger partial charge in [0.05, 0.1) is 12.8 Å².